The van der Waals surface area contributed by atoms with Gasteiger partial charge in [-0.2, -0.15) is 5.26 Å². The molecule has 0 amide bonds. The van der Waals surface area contributed by atoms with E-state index in [-0.39, 0.29) is 5.82 Å². The first kappa shape index (κ1) is 13.0. The van der Waals surface area contributed by atoms with Crippen molar-refractivity contribution < 1.29 is 4.39 Å². The number of benzene rings is 1. The largest absolute Gasteiger partial charge is 0.319 e. The van der Waals surface area contributed by atoms with Gasteiger partial charge < -0.3 is 5.32 Å². The molecule has 1 N–H and O–H groups in total. The second-order valence-electron chi connectivity index (χ2n) is 4.86. The summed E-state index contributed by atoms with van der Waals surface area (Å²) < 4.78 is 13.0. The molecule has 1 fully saturated rings. The van der Waals surface area contributed by atoms with Crippen LogP contribution in [-0.2, 0) is 6.54 Å². The number of hydrogen-bond donors (Lipinski definition) is 1. The molecule has 1 aliphatic heterocycles. The van der Waals surface area contributed by atoms with Crippen LogP contribution < -0.4 is 5.32 Å². The Kier molecular flexibility index (Phi) is 4.29. The Morgan fingerprint density at radius 3 is 3.11 bits per heavy atom. The third kappa shape index (κ3) is 3.06. The van der Waals surface area contributed by atoms with Gasteiger partial charge in [-0.25, -0.2) is 4.39 Å². The minimum absolute atomic E-state index is 0.343. The van der Waals surface area contributed by atoms with Crippen molar-refractivity contribution >= 4 is 0 Å². The molecule has 1 unspecified atom stereocenters. The molecule has 4 heteroatoms. The van der Waals surface area contributed by atoms with Gasteiger partial charge in [0.25, 0.3) is 0 Å². The maximum atomic E-state index is 13.0. The number of nitriles is 1. The van der Waals surface area contributed by atoms with Crippen molar-refractivity contribution in [2.75, 3.05) is 26.7 Å². The van der Waals surface area contributed by atoms with E-state index < -0.39 is 0 Å². The molecule has 0 spiro atoms. The van der Waals surface area contributed by atoms with Crippen LogP contribution >= 0.6 is 0 Å². The van der Waals surface area contributed by atoms with E-state index in [0.717, 1.165) is 31.7 Å². The Labute approximate surface area is 107 Å². The summed E-state index contributed by atoms with van der Waals surface area (Å²) in [5, 5.41) is 12.2. The number of rotatable bonds is 4. The van der Waals surface area contributed by atoms with Gasteiger partial charge >= 0.3 is 0 Å². The normalized spacial score (nSPS) is 19.9. The molecule has 0 bridgehead atoms. The predicted molar refractivity (Wildman–Crippen MR) is 68.4 cm³/mol. The molecule has 1 saturated heterocycles. The maximum Gasteiger partial charge on any atom is 0.124 e. The fourth-order valence-corrected chi connectivity index (χ4v) is 2.54. The van der Waals surface area contributed by atoms with Crippen LogP contribution in [-0.4, -0.2) is 31.6 Å². The molecule has 0 aromatic heterocycles. The van der Waals surface area contributed by atoms with Crippen LogP contribution in [0.1, 0.15) is 17.5 Å². The minimum atomic E-state index is -0.343. The highest BCUT2D eigenvalue weighted by atomic mass is 19.1. The summed E-state index contributed by atoms with van der Waals surface area (Å²) in [7, 11) is 1.97. The van der Waals surface area contributed by atoms with Gasteiger partial charge in [0, 0.05) is 13.1 Å². The summed E-state index contributed by atoms with van der Waals surface area (Å²) >= 11 is 0. The highest BCUT2D eigenvalue weighted by Crippen LogP contribution is 2.20. The van der Waals surface area contributed by atoms with E-state index >= 15 is 0 Å². The lowest BCUT2D eigenvalue weighted by Gasteiger charge is -2.16. The number of halogens is 1. The lowest BCUT2D eigenvalue weighted by atomic mass is 10.1. The average molecular weight is 247 g/mol. The zero-order valence-corrected chi connectivity index (χ0v) is 10.6. The van der Waals surface area contributed by atoms with E-state index in [0.29, 0.717) is 11.5 Å². The fourth-order valence-electron chi connectivity index (χ4n) is 2.54. The van der Waals surface area contributed by atoms with Gasteiger partial charge in [-0.3, -0.25) is 4.90 Å². The molecule has 2 rings (SSSR count). The monoisotopic (exact) mass is 247 g/mol. The number of likely N-dealkylation sites (tertiary alicyclic amines) is 1. The van der Waals surface area contributed by atoms with E-state index in [1.54, 1.807) is 6.07 Å². The van der Waals surface area contributed by atoms with Crippen molar-refractivity contribution in [2.45, 2.75) is 13.0 Å². The van der Waals surface area contributed by atoms with Gasteiger partial charge in [0.1, 0.15) is 5.82 Å². The first-order valence-corrected chi connectivity index (χ1v) is 6.28. The van der Waals surface area contributed by atoms with Crippen molar-refractivity contribution in [2.24, 2.45) is 5.92 Å². The van der Waals surface area contributed by atoms with Gasteiger partial charge in [0.15, 0.2) is 0 Å². The lowest BCUT2D eigenvalue weighted by Crippen LogP contribution is -2.24. The molecule has 1 aromatic carbocycles. The summed E-state index contributed by atoms with van der Waals surface area (Å²) in [5.74, 6) is 0.339. The van der Waals surface area contributed by atoms with Gasteiger partial charge in [-0.15, -0.1) is 0 Å². The van der Waals surface area contributed by atoms with E-state index in [2.05, 4.69) is 16.3 Å². The predicted octanol–water partition coefficient (Wildman–Crippen LogP) is 1.74. The van der Waals surface area contributed by atoms with Crippen molar-refractivity contribution in [1.82, 2.24) is 10.2 Å². The molecule has 0 saturated carbocycles. The van der Waals surface area contributed by atoms with E-state index in [1.807, 2.05) is 7.05 Å². The summed E-state index contributed by atoms with van der Waals surface area (Å²) in [6.07, 6.45) is 1.18. The Morgan fingerprint density at radius 1 is 1.56 bits per heavy atom. The Morgan fingerprint density at radius 2 is 2.39 bits per heavy atom. The quantitative estimate of drug-likeness (QED) is 0.881. The van der Waals surface area contributed by atoms with Crippen LogP contribution in [0.25, 0.3) is 0 Å². The molecular weight excluding hydrogens is 229 g/mol. The van der Waals surface area contributed by atoms with Crippen molar-refractivity contribution in [3.63, 3.8) is 0 Å². The zero-order valence-electron chi connectivity index (χ0n) is 10.6. The second kappa shape index (κ2) is 5.94. The third-order valence-electron chi connectivity index (χ3n) is 3.45. The molecule has 18 heavy (non-hydrogen) atoms. The molecule has 96 valence electrons. The first-order chi connectivity index (χ1) is 8.72. The topological polar surface area (TPSA) is 39.1 Å². The van der Waals surface area contributed by atoms with Gasteiger partial charge in [0.2, 0.25) is 0 Å². The Bertz CT molecular complexity index is 453. The Hall–Kier alpha value is -1.44. The number of hydrogen-bond acceptors (Lipinski definition) is 3. The molecule has 1 atom stereocenters. The summed E-state index contributed by atoms with van der Waals surface area (Å²) in [4.78, 5) is 2.33. The summed E-state index contributed by atoms with van der Waals surface area (Å²) in [6, 6.07) is 6.53. The van der Waals surface area contributed by atoms with E-state index in [9.17, 15) is 4.39 Å². The molecule has 1 aromatic rings. The standard InChI is InChI=1S/C14H18FN3/c1-17-8-11-4-5-18(9-11)10-12-2-3-14(15)6-13(12)7-16/h2-3,6,11,17H,4-5,8-10H2,1H3. The van der Waals surface area contributed by atoms with Crippen LogP contribution in [0.5, 0.6) is 0 Å². The SMILES string of the molecule is CNCC1CCN(Cc2ccc(F)cc2C#N)C1. The smallest absolute Gasteiger partial charge is 0.124 e. The van der Waals surface area contributed by atoms with Gasteiger partial charge in [0.05, 0.1) is 11.6 Å². The first-order valence-electron chi connectivity index (χ1n) is 6.28. The lowest BCUT2D eigenvalue weighted by molar-refractivity contribution is 0.315. The molecular formula is C14H18FN3. The molecule has 3 nitrogen and oxygen atoms in total. The highest BCUT2D eigenvalue weighted by Gasteiger charge is 2.22. The molecule has 0 aliphatic carbocycles. The highest BCUT2D eigenvalue weighted by molar-refractivity contribution is 5.37. The van der Waals surface area contributed by atoms with Crippen LogP contribution in [0.4, 0.5) is 4.39 Å². The van der Waals surface area contributed by atoms with Crippen LogP contribution in [0.2, 0.25) is 0 Å². The van der Waals surface area contributed by atoms with Gasteiger partial charge in [-0.05, 0) is 50.2 Å². The fraction of sp³-hybridized carbons (Fsp3) is 0.500. The minimum Gasteiger partial charge on any atom is -0.319 e. The second-order valence-corrected chi connectivity index (χ2v) is 4.86. The Balaban J connectivity index is 2.00. The number of nitrogens with one attached hydrogen (secondary N) is 1. The van der Waals surface area contributed by atoms with Gasteiger partial charge in [-0.1, -0.05) is 6.07 Å². The summed E-state index contributed by atoms with van der Waals surface area (Å²) in [6.45, 7) is 3.87. The summed E-state index contributed by atoms with van der Waals surface area (Å²) in [5.41, 5.74) is 1.37. The number of nitrogens with zero attached hydrogens (tertiary/aromatic N) is 2. The van der Waals surface area contributed by atoms with Crippen molar-refractivity contribution in [3.8, 4) is 6.07 Å². The molecule has 1 aliphatic rings. The van der Waals surface area contributed by atoms with E-state index in [1.165, 1.54) is 18.6 Å². The molecule has 1 heterocycles. The average Bonchev–Trinajstić information content (AvgIpc) is 2.79. The third-order valence-corrected chi connectivity index (χ3v) is 3.45. The van der Waals surface area contributed by atoms with Crippen LogP contribution in [0.3, 0.4) is 0 Å². The van der Waals surface area contributed by atoms with Crippen LogP contribution in [0, 0.1) is 23.1 Å². The van der Waals surface area contributed by atoms with Crippen LogP contribution in [0.15, 0.2) is 18.2 Å². The van der Waals surface area contributed by atoms with E-state index in [4.69, 9.17) is 5.26 Å². The zero-order chi connectivity index (χ0) is 13.0. The van der Waals surface area contributed by atoms with Crippen molar-refractivity contribution in [3.05, 3.63) is 35.1 Å². The van der Waals surface area contributed by atoms with Crippen molar-refractivity contribution in [1.29, 1.82) is 5.26 Å². The maximum absolute atomic E-state index is 13.0. The molecule has 0 radical (unpaired) electrons.